The van der Waals surface area contributed by atoms with Crippen LogP contribution in [-0.2, 0) is 11.2 Å². The van der Waals surface area contributed by atoms with Gasteiger partial charge in [-0.1, -0.05) is 37.6 Å². The smallest absolute Gasteiger partial charge is 0.253 e. The van der Waals surface area contributed by atoms with Crippen molar-refractivity contribution in [3.05, 3.63) is 35.4 Å². The first-order chi connectivity index (χ1) is 13.0. The topological polar surface area (TPSA) is 9.23 Å². The zero-order chi connectivity index (χ0) is 19.3. The van der Waals surface area contributed by atoms with Crippen LogP contribution in [0.5, 0.6) is 0 Å². The minimum Gasteiger partial charge on any atom is -0.381 e. The summed E-state index contributed by atoms with van der Waals surface area (Å²) >= 11 is 0. The van der Waals surface area contributed by atoms with Crippen molar-refractivity contribution in [2.45, 2.75) is 83.5 Å². The molecule has 1 aromatic rings. The Morgan fingerprint density at radius 2 is 1.59 bits per heavy atom. The van der Waals surface area contributed by atoms with Gasteiger partial charge in [0, 0.05) is 18.9 Å². The average molecular weight is 379 g/mol. The molecule has 1 nitrogen and oxygen atoms in total. The largest absolute Gasteiger partial charge is 0.381 e. The number of halogens is 2. The summed E-state index contributed by atoms with van der Waals surface area (Å²) in [7, 11) is 0. The van der Waals surface area contributed by atoms with Crippen LogP contribution in [0.2, 0.25) is 0 Å². The van der Waals surface area contributed by atoms with E-state index in [0.29, 0.717) is 24.9 Å². The Kier molecular flexibility index (Phi) is 7.30. The SMILES string of the molecule is CCCc1ccc(C2CCC(C3CCC(COCC)C(F)(F)C3)CC2)cc1. The predicted octanol–water partition coefficient (Wildman–Crippen LogP) is 7.00. The first-order valence-corrected chi connectivity index (χ1v) is 11.1. The van der Waals surface area contributed by atoms with E-state index in [9.17, 15) is 8.78 Å². The lowest BCUT2D eigenvalue weighted by Gasteiger charge is -2.41. The quantitative estimate of drug-likeness (QED) is 0.496. The molecule has 0 bridgehead atoms. The van der Waals surface area contributed by atoms with Gasteiger partial charge in [-0.25, -0.2) is 8.78 Å². The highest BCUT2D eigenvalue weighted by Gasteiger charge is 2.47. The highest BCUT2D eigenvalue weighted by atomic mass is 19.3. The third kappa shape index (κ3) is 5.31. The van der Waals surface area contributed by atoms with Crippen molar-refractivity contribution >= 4 is 0 Å². The molecule has 2 fully saturated rings. The summed E-state index contributed by atoms with van der Waals surface area (Å²) in [5, 5.41) is 0. The Labute approximate surface area is 163 Å². The monoisotopic (exact) mass is 378 g/mol. The molecule has 0 heterocycles. The number of aryl methyl sites for hydroxylation is 1. The summed E-state index contributed by atoms with van der Waals surface area (Å²) < 4.78 is 34.4. The molecule has 2 aliphatic rings. The van der Waals surface area contributed by atoms with E-state index < -0.39 is 11.8 Å². The standard InChI is InChI=1S/C24H36F2O/c1-3-5-18-6-8-19(9-7-18)20-10-12-21(13-11-20)22-14-15-23(17-27-4-2)24(25,26)16-22/h6-9,20-23H,3-5,10-17H2,1-2H3. The third-order valence-electron chi connectivity index (χ3n) is 6.97. The molecule has 3 rings (SSSR count). The Balaban J connectivity index is 1.50. The van der Waals surface area contributed by atoms with Crippen LogP contribution in [0, 0.1) is 17.8 Å². The van der Waals surface area contributed by atoms with E-state index in [4.69, 9.17) is 4.74 Å². The maximum atomic E-state index is 14.6. The normalized spacial score (nSPS) is 31.0. The van der Waals surface area contributed by atoms with Crippen molar-refractivity contribution in [1.29, 1.82) is 0 Å². The molecule has 0 N–H and O–H groups in total. The number of benzene rings is 1. The van der Waals surface area contributed by atoms with Gasteiger partial charge in [0.25, 0.3) is 5.92 Å². The molecular weight excluding hydrogens is 342 g/mol. The van der Waals surface area contributed by atoms with E-state index >= 15 is 0 Å². The van der Waals surface area contributed by atoms with E-state index in [1.807, 2.05) is 6.92 Å². The maximum absolute atomic E-state index is 14.6. The van der Waals surface area contributed by atoms with Gasteiger partial charge < -0.3 is 4.74 Å². The van der Waals surface area contributed by atoms with Gasteiger partial charge in [0.15, 0.2) is 0 Å². The summed E-state index contributed by atoms with van der Waals surface area (Å²) in [6.07, 6.45) is 8.51. The molecule has 27 heavy (non-hydrogen) atoms. The molecule has 152 valence electrons. The van der Waals surface area contributed by atoms with Gasteiger partial charge in [0.05, 0.1) is 6.61 Å². The van der Waals surface area contributed by atoms with Gasteiger partial charge in [-0.3, -0.25) is 0 Å². The Morgan fingerprint density at radius 1 is 0.926 bits per heavy atom. The maximum Gasteiger partial charge on any atom is 0.253 e. The minimum atomic E-state index is -2.55. The minimum absolute atomic E-state index is 0.0752. The second kappa shape index (κ2) is 9.49. The van der Waals surface area contributed by atoms with Crippen LogP contribution in [0.1, 0.15) is 82.3 Å². The highest BCUT2D eigenvalue weighted by Crippen LogP contribution is 2.48. The van der Waals surface area contributed by atoms with Crippen LogP contribution in [-0.4, -0.2) is 19.1 Å². The second-order valence-corrected chi connectivity index (χ2v) is 8.76. The number of ether oxygens (including phenoxy) is 1. The Bertz CT molecular complexity index is 560. The number of alkyl halides is 2. The average Bonchev–Trinajstić information content (AvgIpc) is 2.67. The fraction of sp³-hybridized carbons (Fsp3) is 0.750. The summed E-state index contributed by atoms with van der Waals surface area (Å²) in [6.45, 7) is 4.83. The van der Waals surface area contributed by atoms with E-state index in [1.54, 1.807) is 0 Å². The fourth-order valence-electron chi connectivity index (χ4n) is 5.28. The molecule has 2 aliphatic carbocycles. The van der Waals surface area contributed by atoms with Crippen molar-refractivity contribution < 1.29 is 13.5 Å². The highest BCUT2D eigenvalue weighted by molar-refractivity contribution is 5.26. The lowest BCUT2D eigenvalue weighted by molar-refractivity contribution is -0.132. The van der Waals surface area contributed by atoms with Crippen molar-refractivity contribution in [3.8, 4) is 0 Å². The van der Waals surface area contributed by atoms with Gasteiger partial charge >= 0.3 is 0 Å². The summed E-state index contributed by atoms with van der Waals surface area (Å²) in [6, 6.07) is 9.13. The molecule has 0 radical (unpaired) electrons. The predicted molar refractivity (Wildman–Crippen MR) is 107 cm³/mol. The van der Waals surface area contributed by atoms with E-state index in [0.717, 1.165) is 38.5 Å². The van der Waals surface area contributed by atoms with Crippen molar-refractivity contribution in [2.24, 2.45) is 17.8 Å². The Morgan fingerprint density at radius 3 is 2.19 bits per heavy atom. The summed E-state index contributed by atoms with van der Waals surface area (Å²) in [4.78, 5) is 0. The molecule has 0 aliphatic heterocycles. The van der Waals surface area contributed by atoms with Gasteiger partial charge in [0.2, 0.25) is 0 Å². The zero-order valence-electron chi connectivity index (χ0n) is 17.1. The molecule has 0 amide bonds. The van der Waals surface area contributed by atoms with E-state index in [2.05, 4.69) is 31.2 Å². The molecule has 2 atom stereocenters. The van der Waals surface area contributed by atoms with E-state index in [1.165, 1.54) is 17.5 Å². The van der Waals surface area contributed by atoms with Gasteiger partial charge in [0.1, 0.15) is 0 Å². The molecule has 2 unspecified atom stereocenters. The van der Waals surface area contributed by atoms with Crippen LogP contribution >= 0.6 is 0 Å². The molecule has 0 aromatic heterocycles. The molecule has 0 saturated heterocycles. The van der Waals surface area contributed by atoms with Crippen molar-refractivity contribution in [3.63, 3.8) is 0 Å². The van der Waals surface area contributed by atoms with Crippen molar-refractivity contribution in [1.82, 2.24) is 0 Å². The molecule has 1 aromatic carbocycles. The first kappa shape index (κ1) is 20.8. The second-order valence-electron chi connectivity index (χ2n) is 8.76. The number of hydrogen-bond acceptors (Lipinski definition) is 1. The van der Waals surface area contributed by atoms with Crippen LogP contribution in [0.25, 0.3) is 0 Å². The summed E-state index contributed by atoms with van der Waals surface area (Å²) in [5.74, 6) is -1.83. The van der Waals surface area contributed by atoms with Crippen LogP contribution in [0.15, 0.2) is 24.3 Å². The molecule has 0 spiro atoms. The number of hydrogen-bond donors (Lipinski definition) is 0. The van der Waals surface area contributed by atoms with Gasteiger partial charge in [-0.2, -0.15) is 0 Å². The van der Waals surface area contributed by atoms with Crippen LogP contribution in [0.3, 0.4) is 0 Å². The van der Waals surface area contributed by atoms with Crippen LogP contribution < -0.4 is 0 Å². The molecule has 2 saturated carbocycles. The van der Waals surface area contributed by atoms with Gasteiger partial charge in [-0.05, 0) is 80.8 Å². The van der Waals surface area contributed by atoms with Gasteiger partial charge in [-0.15, -0.1) is 0 Å². The van der Waals surface area contributed by atoms with E-state index in [-0.39, 0.29) is 18.9 Å². The molecular formula is C24H36F2O. The van der Waals surface area contributed by atoms with Crippen molar-refractivity contribution in [2.75, 3.05) is 13.2 Å². The zero-order valence-corrected chi connectivity index (χ0v) is 17.1. The lowest BCUT2D eigenvalue weighted by atomic mass is 9.67. The first-order valence-electron chi connectivity index (χ1n) is 11.1. The summed E-state index contributed by atoms with van der Waals surface area (Å²) in [5.41, 5.74) is 2.86. The fourth-order valence-corrected chi connectivity index (χ4v) is 5.28. The molecule has 3 heteroatoms. The number of rotatable bonds is 7. The van der Waals surface area contributed by atoms with Crippen LogP contribution in [0.4, 0.5) is 8.78 Å². The Hall–Kier alpha value is -0.960. The third-order valence-corrected chi connectivity index (χ3v) is 6.97. The lowest BCUT2D eigenvalue weighted by Crippen LogP contribution is -2.41.